The van der Waals surface area contributed by atoms with Crippen LogP contribution in [0, 0.1) is 11.8 Å². The van der Waals surface area contributed by atoms with E-state index in [0.29, 0.717) is 19.1 Å². The van der Waals surface area contributed by atoms with Crippen molar-refractivity contribution in [1.82, 2.24) is 0 Å². The van der Waals surface area contributed by atoms with Crippen molar-refractivity contribution in [3.63, 3.8) is 0 Å². The summed E-state index contributed by atoms with van der Waals surface area (Å²) in [5.74, 6) is -0.301. The van der Waals surface area contributed by atoms with E-state index < -0.39 is 11.6 Å². The molecule has 1 rings (SSSR count). The van der Waals surface area contributed by atoms with Crippen LogP contribution in [0.15, 0.2) is 0 Å². The Morgan fingerprint density at radius 2 is 2.20 bits per heavy atom. The summed E-state index contributed by atoms with van der Waals surface area (Å²) < 4.78 is 9.92. The number of esters is 1. The van der Waals surface area contributed by atoms with Gasteiger partial charge in [0, 0.05) is 13.0 Å². The van der Waals surface area contributed by atoms with Gasteiger partial charge in [-0.1, -0.05) is 0 Å². The minimum Gasteiger partial charge on any atom is -0.464 e. The van der Waals surface area contributed by atoms with Gasteiger partial charge in [-0.15, -0.1) is 0 Å². The van der Waals surface area contributed by atoms with E-state index >= 15 is 0 Å². The summed E-state index contributed by atoms with van der Waals surface area (Å²) in [6, 6.07) is 0. The fourth-order valence-corrected chi connectivity index (χ4v) is 1.86. The van der Waals surface area contributed by atoms with Gasteiger partial charge in [-0.25, -0.2) is 4.79 Å². The molecule has 1 fully saturated rings. The summed E-state index contributed by atoms with van der Waals surface area (Å²) in [6.07, 6.45) is 2.12. The quantitative estimate of drug-likeness (QED) is 0.672. The van der Waals surface area contributed by atoms with E-state index in [-0.39, 0.29) is 5.92 Å². The lowest BCUT2D eigenvalue weighted by Gasteiger charge is -2.30. The summed E-state index contributed by atoms with van der Waals surface area (Å²) in [7, 11) is 1.58. The molecule has 0 aromatic carbocycles. The van der Waals surface area contributed by atoms with Gasteiger partial charge in [0.25, 0.3) is 0 Å². The second-order valence-electron chi connectivity index (χ2n) is 4.27. The number of carbonyl (C=O) groups is 1. The van der Waals surface area contributed by atoms with Gasteiger partial charge < -0.3 is 14.6 Å². The van der Waals surface area contributed by atoms with Gasteiger partial charge in [0.2, 0.25) is 0 Å². The molecule has 1 N–H and O–H groups in total. The Balaban J connectivity index is 2.65. The van der Waals surface area contributed by atoms with Crippen LogP contribution in [0.5, 0.6) is 0 Å². The Kier molecular flexibility index (Phi) is 4.11. The monoisotopic (exact) mass is 216 g/mol. The number of aliphatic hydroxyl groups is 1. The Hall–Kier alpha value is -0.610. The highest BCUT2D eigenvalue weighted by Crippen LogP contribution is 2.42. The smallest absolute Gasteiger partial charge is 0.338 e. The average molecular weight is 216 g/mol. The molecule has 88 valence electrons. The topological polar surface area (TPSA) is 55.8 Å². The fourth-order valence-electron chi connectivity index (χ4n) is 1.86. The lowest BCUT2D eigenvalue weighted by Crippen LogP contribution is -2.47. The first kappa shape index (κ1) is 12.5. The largest absolute Gasteiger partial charge is 0.464 e. The molecule has 0 aromatic rings. The molecule has 0 aliphatic heterocycles. The molecule has 2 unspecified atom stereocenters. The lowest BCUT2D eigenvalue weighted by atomic mass is 9.85. The fraction of sp³-hybridized carbons (Fsp3) is 0.909. The standard InChI is InChI=1S/C11H20O4/c1-4-15-10(12)11(2,13)9(7-14-3)8-5-6-8/h8-9,13H,4-7H2,1-3H3. The molecule has 1 aliphatic rings. The number of methoxy groups -OCH3 is 1. The lowest BCUT2D eigenvalue weighted by molar-refractivity contribution is -0.172. The molecule has 0 aromatic heterocycles. The zero-order chi connectivity index (χ0) is 11.5. The van der Waals surface area contributed by atoms with Crippen LogP contribution in [0.4, 0.5) is 0 Å². The second-order valence-corrected chi connectivity index (χ2v) is 4.27. The summed E-state index contributed by atoms with van der Waals surface area (Å²) in [4.78, 5) is 11.6. The van der Waals surface area contributed by atoms with E-state index in [1.54, 1.807) is 14.0 Å². The number of rotatable bonds is 6. The van der Waals surface area contributed by atoms with Crippen LogP contribution >= 0.6 is 0 Å². The van der Waals surface area contributed by atoms with E-state index in [4.69, 9.17) is 9.47 Å². The predicted molar refractivity (Wildman–Crippen MR) is 55.3 cm³/mol. The zero-order valence-electron chi connectivity index (χ0n) is 9.66. The first-order valence-corrected chi connectivity index (χ1v) is 5.42. The van der Waals surface area contributed by atoms with E-state index in [2.05, 4.69) is 0 Å². The highest BCUT2D eigenvalue weighted by Gasteiger charge is 2.48. The normalized spacial score (nSPS) is 21.9. The average Bonchev–Trinajstić information content (AvgIpc) is 2.97. The molecule has 4 nitrogen and oxygen atoms in total. The van der Waals surface area contributed by atoms with Crippen molar-refractivity contribution in [2.75, 3.05) is 20.3 Å². The molecular weight excluding hydrogens is 196 g/mol. The second kappa shape index (κ2) is 4.94. The van der Waals surface area contributed by atoms with Gasteiger partial charge in [-0.2, -0.15) is 0 Å². The Labute approximate surface area is 90.6 Å². The third-order valence-corrected chi connectivity index (χ3v) is 2.95. The van der Waals surface area contributed by atoms with Crippen LogP contribution in [0.2, 0.25) is 0 Å². The van der Waals surface area contributed by atoms with Crippen LogP contribution < -0.4 is 0 Å². The maximum atomic E-state index is 11.6. The molecule has 0 saturated heterocycles. The van der Waals surface area contributed by atoms with Crippen LogP contribution in [0.3, 0.4) is 0 Å². The number of ether oxygens (including phenoxy) is 2. The van der Waals surface area contributed by atoms with Gasteiger partial charge in [-0.3, -0.25) is 0 Å². The summed E-state index contributed by atoms with van der Waals surface area (Å²) in [6.45, 7) is 3.94. The minimum absolute atomic E-state index is 0.151. The number of hydrogen-bond acceptors (Lipinski definition) is 4. The van der Waals surface area contributed by atoms with Gasteiger partial charge in [0.05, 0.1) is 13.2 Å². The van der Waals surface area contributed by atoms with E-state index in [1.807, 2.05) is 0 Å². The van der Waals surface area contributed by atoms with Gasteiger partial charge in [-0.05, 0) is 32.6 Å². The van der Waals surface area contributed by atoms with E-state index in [1.165, 1.54) is 6.92 Å². The SMILES string of the molecule is CCOC(=O)C(C)(O)C(COC)C1CC1. The first-order chi connectivity index (χ1) is 7.04. The Bertz CT molecular complexity index is 221. The Morgan fingerprint density at radius 3 is 2.60 bits per heavy atom. The van der Waals surface area contributed by atoms with Crippen molar-refractivity contribution in [3.05, 3.63) is 0 Å². The molecule has 0 radical (unpaired) electrons. The third-order valence-electron chi connectivity index (χ3n) is 2.95. The van der Waals surface area contributed by atoms with Gasteiger partial charge >= 0.3 is 5.97 Å². The van der Waals surface area contributed by atoms with Crippen LogP contribution in [0.25, 0.3) is 0 Å². The van der Waals surface area contributed by atoms with Crippen molar-refractivity contribution in [2.45, 2.75) is 32.3 Å². The Morgan fingerprint density at radius 1 is 1.60 bits per heavy atom. The molecule has 1 saturated carbocycles. The molecular formula is C11H20O4. The number of hydrogen-bond donors (Lipinski definition) is 1. The summed E-state index contributed by atoms with van der Waals surface area (Å²) in [5.41, 5.74) is -1.42. The molecule has 0 spiro atoms. The maximum Gasteiger partial charge on any atom is 0.338 e. The summed E-state index contributed by atoms with van der Waals surface area (Å²) >= 11 is 0. The summed E-state index contributed by atoms with van der Waals surface area (Å²) in [5, 5.41) is 10.2. The molecule has 0 heterocycles. The maximum absolute atomic E-state index is 11.6. The van der Waals surface area contributed by atoms with Crippen molar-refractivity contribution in [3.8, 4) is 0 Å². The van der Waals surface area contributed by atoms with E-state index in [0.717, 1.165) is 12.8 Å². The zero-order valence-corrected chi connectivity index (χ0v) is 9.66. The van der Waals surface area contributed by atoms with Crippen LogP contribution in [0.1, 0.15) is 26.7 Å². The molecule has 2 atom stereocenters. The molecule has 15 heavy (non-hydrogen) atoms. The van der Waals surface area contributed by atoms with Gasteiger partial charge in [0.1, 0.15) is 0 Å². The molecule has 0 bridgehead atoms. The number of carbonyl (C=O) groups excluding carboxylic acids is 1. The van der Waals surface area contributed by atoms with Crippen LogP contribution in [-0.2, 0) is 14.3 Å². The van der Waals surface area contributed by atoms with Crippen molar-refractivity contribution >= 4 is 5.97 Å². The van der Waals surface area contributed by atoms with Crippen molar-refractivity contribution < 1.29 is 19.4 Å². The molecule has 4 heteroatoms. The first-order valence-electron chi connectivity index (χ1n) is 5.42. The predicted octanol–water partition coefficient (Wildman–Crippen LogP) is 0.973. The van der Waals surface area contributed by atoms with Crippen LogP contribution in [-0.4, -0.2) is 37.0 Å². The highest BCUT2D eigenvalue weighted by atomic mass is 16.5. The third kappa shape index (κ3) is 2.92. The highest BCUT2D eigenvalue weighted by molar-refractivity contribution is 5.79. The molecule has 0 amide bonds. The minimum atomic E-state index is -1.42. The van der Waals surface area contributed by atoms with Crippen molar-refractivity contribution in [2.24, 2.45) is 11.8 Å². The van der Waals surface area contributed by atoms with E-state index in [9.17, 15) is 9.90 Å². The van der Waals surface area contributed by atoms with Crippen molar-refractivity contribution in [1.29, 1.82) is 0 Å². The molecule has 1 aliphatic carbocycles. The van der Waals surface area contributed by atoms with Gasteiger partial charge in [0.15, 0.2) is 5.60 Å².